The van der Waals surface area contributed by atoms with E-state index >= 15 is 0 Å². The number of aliphatic hydroxyl groups excluding tert-OH is 1. The third-order valence-electron chi connectivity index (χ3n) is 3.41. The van der Waals surface area contributed by atoms with E-state index in [1.54, 1.807) is 0 Å². The van der Waals surface area contributed by atoms with Crippen LogP contribution in [0.4, 0.5) is 0 Å². The van der Waals surface area contributed by atoms with Gasteiger partial charge in [-0.25, -0.2) is 4.98 Å². The summed E-state index contributed by atoms with van der Waals surface area (Å²) in [5.74, 6) is 0.495. The van der Waals surface area contributed by atoms with Gasteiger partial charge in [-0.15, -0.1) is 0 Å². The van der Waals surface area contributed by atoms with Crippen LogP contribution in [0.25, 0.3) is 11.3 Å². The minimum absolute atomic E-state index is 0.0956. The van der Waals surface area contributed by atoms with E-state index in [2.05, 4.69) is 10.3 Å². The summed E-state index contributed by atoms with van der Waals surface area (Å²) in [4.78, 5) is 16.4. The largest absolute Gasteiger partial charge is 0.443 e. The van der Waals surface area contributed by atoms with Crippen LogP contribution in [-0.2, 0) is 0 Å². The zero-order valence-corrected chi connectivity index (χ0v) is 13.2. The van der Waals surface area contributed by atoms with Gasteiger partial charge in [0.1, 0.15) is 0 Å². The predicted molar refractivity (Wildman–Crippen MR) is 84.5 cm³/mol. The quantitative estimate of drug-likeness (QED) is 0.860. The van der Waals surface area contributed by atoms with Crippen LogP contribution in [0.1, 0.15) is 36.3 Å². The topological polar surface area (TPSA) is 75.4 Å². The van der Waals surface area contributed by atoms with Crippen molar-refractivity contribution in [2.24, 2.45) is 5.92 Å². The Kier molecular flexibility index (Phi) is 5.33. The molecule has 0 bridgehead atoms. The van der Waals surface area contributed by atoms with E-state index in [4.69, 9.17) is 4.42 Å². The number of carbonyl (C=O) groups is 1. The number of amides is 1. The maximum Gasteiger partial charge on any atom is 0.274 e. The van der Waals surface area contributed by atoms with Gasteiger partial charge in [-0.2, -0.15) is 0 Å². The lowest BCUT2D eigenvalue weighted by Gasteiger charge is -2.17. The summed E-state index contributed by atoms with van der Waals surface area (Å²) in [6.45, 7) is 5.99. The van der Waals surface area contributed by atoms with E-state index in [-0.39, 0.29) is 24.2 Å². The van der Waals surface area contributed by atoms with Crippen molar-refractivity contribution in [2.75, 3.05) is 6.61 Å². The molecule has 0 radical (unpaired) electrons. The van der Waals surface area contributed by atoms with Crippen molar-refractivity contribution < 1.29 is 14.3 Å². The zero-order valence-electron chi connectivity index (χ0n) is 13.2. The third-order valence-corrected chi connectivity index (χ3v) is 3.41. The van der Waals surface area contributed by atoms with Crippen LogP contribution >= 0.6 is 0 Å². The number of aromatic nitrogens is 1. The van der Waals surface area contributed by atoms with Crippen LogP contribution in [0, 0.1) is 12.8 Å². The molecule has 0 aliphatic heterocycles. The molecule has 0 fully saturated rings. The molecule has 1 aromatic heterocycles. The van der Waals surface area contributed by atoms with Crippen molar-refractivity contribution in [2.45, 2.75) is 33.2 Å². The molecular weight excluding hydrogens is 280 g/mol. The Labute approximate surface area is 130 Å². The fraction of sp³-hybridized carbons (Fsp3) is 0.412. The Hall–Kier alpha value is -2.14. The van der Waals surface area contributed by atoms with Gasteiger partial charge in [0, 0.05) is 5.56 Å². The fourth-order valence-electron chi connectivity index (χ4n) is 2.32. The molecule has 1 aromatic carbocycles. The van der Waals surface area contributed by atoms with Crippen molar-refractivity contribution in [3.63, 3.8) is 0 Å². The minimum atomic E-state index is -0.330. The highest BCUT2D eigenvalue weighted by atomic mass is 16.3. The van der Waals surface area contributed by atoms with E-state index in [0.717, 1.165) is 11.1 Å². The van der Waals surface area contributed by atoms with Crippen LogP contribution in [0.15, 0.2) is 35.1 Å². The van der Waals surface area contributed by atoms with Gasteiger partial charge in [0.15, 0.2) is 17.8 Å². The molecule has 118 valence electrons. The number of aliphatic hydroxyl groups is 1. The number of aryl methyl sites for hydroxylation is 1. The molecule has 0 saturated heterocycles. The molecule has 1 amide bonds. The lowest BCUT2D eigenvalue weighted by molar-refractivity contribution is 0.0904. The minimum Gasteiger partial charge on any atom is -0.443 e. The van der Waals surface area contributed by atoms with Gasteiger partial charge in [-0.05, 0) is 19.3 Å². The van der Waals surface area contributed by atoms with Crippen LogP contribution in [-0.4, -0.2) is 28.6 Å². The molecule has 5 heteroatoms. The Morgan fingerprint density at radius 1 is 1.32 bits per heavy atom. The highest BCUT2D eigenvalue weighted by Crippen LogP contribution is 2.23. The Bertz CT molecular complexity index is 617. The lowest BCUT2D eigenvalue weighted by Crippen LogP contribution is -2.38. The second-order valence-corrected chi connectivity index (χ2v) is 5.88. The SMILES string of the molecule is Cc1ccc(-c2ocnc2C(=O)NC(CO)CC(C)C)cc1. The van der Waals surface area contributed by atoms with Gasteiger partial charge in [0.25, 0.3) is 5.91 Å². The Balaban J connectivity index is 2.17. The first kappa shape index (κ1) is 16.2. The van der Waals surface area contributed by atoms with Crippen LogP contribution in [0.3, 0.4) is 0 Å². The molecule has 22 heavy (non-hydrogen) atoms. The number of carbonyl (C=O) groups excluding carboxylic acids is 1. The van der Waals surface area contributed by atoms with Gasteiger partial charge in [-0.1, -0.05) is 43.7 Å². The summed E-state index contributed by atoms with van der Waals surface area (Å²) in [5.41, 5.74) is 2.18. The van der Waals surface area contributed by atoms with Crippen molar-refractivity contribution in [3.8, 4) is 11.3 Å². The van der Waals surface area contributed by atoms with Crippen molar-refractivity contribution in [1.82, 2.24) is 10.3 Å². The summed E-state index contributed by atoms with van der Waals surface area (Å²) < 4.78 is 5.37. The van der Waals surface area contributed by atoms with E-state index in [9.17, 15) is 9.90 Å². The molecule has 1 atom stereocenters. The number of nitrogens with one attached hydrogen (secondary N) is 1. The molecule has 5 nitrogen and oxygen atoms in total. The molecule has 1 heterocycles. The number of rotatable bonds is 6. The average molecular weight is 302 g/mol. The third kappa shape index (κ3) is 3.95. The summed E-state index contributed by atoms with van der Waals surface area (Å²) in [7, 11) is 0. The second-order valence-electron chi connectivity index (χ2n) is 5.88. The van der Waals surface area contributed by atoms with E-state index in [1.807, 2.05) is 45.0 Å². The number of hydrogen-bond acceptors (Lipinski definition) is 4. The highest BCUT2D eigenvalue weighted by molar-refractivity contribution is 5.97. The molecule has 0 spiro atoms. The predicted octanol–water partition coefficient (Wildman–Crippen LogP) is 2.79. The van der Waals surface area contributed by atoms with Gasteiger partial charge in [0.05, 0.1) is 12.6 Å². The van der Waals surface area contributed by atoms with E-state index in [1.165, 1.54) is 6.39 Å². The van der Waals surface area contributed by atoms with Gasteiger partial charge in [0.2, 0.25) is 0 Å². The van der Waals surface area contributed by atoms with Gasteiger partial charge < -0.3 is 14.8 Å². The normalized spacial score (nSPS) is 12.4. The van der Waals surface area contributed by atoms with Crippen molar-refractivity contribution in [1.29, 1.82) is 0 Å². The molecule has 0 saturated carbocycles. The lowest BCUT2D eigenvalue weighted by atomic mass is 10.0. The van der Waals surface area contributed by atoms with Gasteiger partial charge >= 0.3 is 0 Å². The number of hydrogen-bond donors (Lipinski definition) is 2. The smallest absolute Gasteiger partial charge is 0.274 e. The van der Waals surface area contributed by atoms with Crippen molar-refractivity contribution in [3.05, 3.63) is 41.9 Å². The average Bonchev–Trinajstić information content (AvgIpc) is 2.96. The number of nitrogens with zero attached hydrogens (tertiary/aromatic N) is 1. The summed E-state index contributed by atoms with van der Waals surface area (Å²) in [6.07, 6.45) is 1.97. The van der Waals surface area contributed by atoms with Crippen LogP contribution < -0.4 is 5.32 Å². The molecule has 2 aromatic rings. The number of benzene rings is 1. The van der Waals surface area contributed by atoms with E-state index in [0.29, 0.717) is 18.1 Å². The maximum absolute atomic E-state index is 12.4. The summed E-state index contributed by atoms with van der Waals surface area (Å²) in [5, 5.41) is 12.2. The van der Waals surface area contributed by atoms with Crippen molar-refractivity contribution >= 4 is 5.91 Å². The Morgan fingerprint density at radius 3 is 2.59 bits per heavy atom. The maximum atomic E-state index is 12.4. The van der Waals surface area contributed by atoms with Crippen LogP contribution in [0.5, 0.6) is 0 Å². The second kappa shape index (κ2) is 7.22. The first-order valence-electron chi connectivity index (χ1n) is 7.43. The molecular formula is C17H22N2O3. The summed E-state index contributed by atoms with van der Waals surface area (Å²) >= 11 is 0. The molecule has 1 unspecified atom stereocenters. The first-order valence-corrected chi connectivity index (χ1v) is 7.43. The van der Waals surface area contributed by atoms with Crippen LogP contribution in [0.2, 0.25) is 0 Å². The first-order chi connectivity index (χ1) is 10.5. The zero-order chi connectivity index (χ0) is 16.1. The molecule has 2 N–H and O–H groups in total. The molecule has 2 rings (SSSR count). The molecule has 0 aliphatic rings. The fourth-order valence-corrected chi connectivity index (χ4v) is 2.32. The standard InChI is InChI=1S/C17H22N2O3/c1-11(2)8-14(9-20)19-17(21)15-16(22-10-18-15)13-6-4-12(3)5-7-13/h4-7,10-11,14,20H,8-9H2,1-3H3,(H,19,21). The summed E-state index contributed by atoms with van der Waals surface area (Å²) in [6, 6.07) is 7.41. The van der Waals surface area contributed by atoms with Gasteiger partial charge in [-0.3, -0.25) is 4.79 Å². The monoisotopic (exact) mass is 302 g/mol. The molecule has 0 aliphatic carbocycles. The number of oxazole rings is 1. The van der Waals surface area contributed by atoms with E-state index < -0.39 is 0 Å². The Morgan fingerprint density at radius 2 is 2.00 bits per heavy atom. The highest BCUT2D eigenvalue weighted by Gasteiger charge is 2.21.